The van der Waals surface area contributed by atoms with Crippen molar-refractivity contribution in [3.05, 3.63) is 60.2 Å². The van der Waals surface area contributed by atoms with Crippen molar-refractivity contribution >= 4 is 15.8 Å². The lowest BCUT2D eigenvalue weighted by molar-refractivity contribution is -0.336. The molecular weight excluding hydrogens is 488 g/mol. The molecule has 0 heterocycles. The van der Waals surface area contributed by atoms with Crippen molar-refractivity contribution in [1.29, 1.82) is 0 Å². The minimum Gasteiger partial charge on any atom is -0.261 e. The fraction of sp³-hybridized carbons (Fsp3) is 0.235. The van der Waals surface area contributed by atoms with Gasteiger partial charge >= 0.3 is 33.6 Å². The molecular formula is C17H9F10NO3S. The minimum absolute atomic E-state index is 0.253. The lowest BCUT2D eigenvalue weighted by atomic mass is 9.96. The van der Waals surface area contributed by atoms with E-state index >= 15 is 0 Å². The Morgan fingerprint density at radius 2 is 1.19 bits per heavy atom. The number of alkyl halides is 10. The molecule has 0 atom stereocenters. The molecule has 0 radical (unpaired) electrons. The van der Waals surface area contributed by atoms with Crippen molar-refractivity contribution in [2.24, 2.45) is 5.16 Å². The Kier molecular flexibility index (Phi) is 6.56. The summed E-state index contributed by atoms with van der Waals surface area (Å²) in [5.74, 6) is -13.2. The van der Waals surface area contributed by atoms with Crippen LogP contribution in [0.3, 0.4) is 0 Å². The fourth-order valence-electron chi connectivity index (χ4n) is 2.20. The van der Waals surface area contributed by atoms with Crippen LogP contribution in [0.15, 0.2) is 59.8 Å². The zero-order valence-electron chi connectivity index (χ0n) is 15.1. The first-order chi connectivity index (χ1) is 14.4. The van der Waals surface area contributed by atoms with E-state index in [9.17, 15) is 52.3 Å². The minimum atomic E-state index is -6.87. The molecule has 0 saturated carbocycles. The summed E-state index contributed by atoms with van der Waals surface area (Å²) in [6.45, 7) is 0. The second-order valence-electron chi connectivity index (χ2n) is 6.00. The van der Waals surface area contributed by atoms with Crippen LogP contribution in [0.25, 0.3) is 11.1 Å². The van der Waals surface area contributed by atoms with E-state index in [1.54, 1.807) is 18.2 Å². The number of benzene rings is 2. The molecule has 2 aromatic rings. The molecule has 0 unspecified atom stereocenters. The number of halogens is 10. The first-order valence-electron chi connectivity index (χ1n) is 7.98. The summed E-state index contributed by atoms with van der Waals surface area (Å²) in [5, 5.41) is 1.86. The molecule has 0 aliphatic heterocycles. The van der Waals surface area contributed by atoms with E-state index in [1.807, 2.05) is 5.16 Å². The Labute approximate surface area is 173 Å². The van der Waals surface area contributed by atoms with Gasteiger partial charge in [-0.2, -0.15) is 52.3 Å². The normalized spacial score (nSPS) is 14.4. The van der Waals surface area contributed by atoms with Gasteiger partial charge in [0.25, 0.3) is 0 Å². The molecule has 0 saturated heterocycles. The highest BCUT2D eigenvalue weighted by Gasteiger charge is 2.75. The molecule has 4 nitrogen and oxygen atoms in total. The maximum Gasteiger partial charge on any atom is 0.536 e. The van der Waals surface area contributed by atoms with Crippen molar-refractivity contribution in [3.63, 3.8) is 0 Å². The molecule has 0 N–H and O–H groups in total. The summed E-state index contributed by atoms with van der Waals surface area (Å²) >= 11 is 0. The predicted octanol–water partition coefficient (Wildman–Crippen LogP) is 5.76. The van der Waals surface area contributed by atoms with E-state index in [-0.39, 0.29) is 5.56 Å². The van der Waals surface area contributed by atoms with Crippen LogP contribution in [0.1, 0.15) is 5.56 Å². The van der Waals surface area contributed by atoms with E-state index in [2.05, 4.69) is 4.28 Å². The number of rotatable bonds is 6. The van der Waals surface area contributed by atoms with Gasteiger partial charge < -0.3 is 0 Å². The fourth-order valence-corrected chi connectivity index (χ4v) is 2.45. The molecule has 15 heteroatoms. The third-order valence-electron chi connectivity index (χ3n) is 3.82. The van der Waals surface area contributed by atoms with Gasteiger partial charge in [0.1, 0.15) is 0 Å². The van der Waals surface area contributed by atoms with Gasteiger partial charge in [0, 0.05) is 5.56 Å². The van der Waals surface area contributed by atoms with Crippen LogP contribution >= 0.6 is 0 Å². The van der Waals surface area contributed by atoms with Crippen LogP contribution in [0.5, 0.6) is 0 Å². The Morgan fingerprint density at radius 3 is 1.62 bits per heavy atom. The molecule has 0 spiro atoms. The monoisotopic (exact) mass is 497 g/mol. The van der Waals surface area contributed by atoms with E-state index in [4.69, 9.17) is 0 Å². The van der Waals surface area contributed by atoms with Crippen molar-refractivity contribution in [1.82, 2.24) is 0 Å². The second kappa shape index (κ2) is 8.26. The standard InChI is InChI=1S/C17H9F10NO3S/c18-14(19,15(20,21)16(22,23)24)13(28-31-32(29,30)17(25,26)27)12-8-6-11(7-9-12)10-4-2-1-3-5-10/h1-9H. The van der Waals surface area contributed by atoms with Crippen molar-refractivity contribution in [2.75, 3.05) is 0 Å². The summed E-state index contributed by atoms with van der Waals surface area (Å²) in [7, 11) is -6.74. The molecule has 32 heavy (non-hydrogen) atoms. The molecule has 0 fully saturated rings. The highest BCUT2D eigenvalue weighted by molar-refractivity contribution is 7.87. The van der Waals surface area contributed by atoms with Crippen molar-refractivity contribution in [2.45, 2.75) is 23.5 Å². The number of hydrogen-bond acceptors (Lipinski definition) is 4. The quantitative estimate of drug-likeness (QED) is 0.221. The van der Waals surface area contributed by atoms with Gasteiger partial charge in [0.05, 0.1) is 0 Å². The van der Waals surface area contributed by atoms with Crippen LogP contribution in [0, 0.1) is 0 Å². The van der Waals surface area contributed by atoms with E-state index in [0.29, 0.717) is 17.7 Å². The average Bonchev–Trinajstić information content (AvgIpc) is 2.67. The summed E-state index contributed by atoms with van der Waals surface area (Å²) in [6.07, 6.45) is -6.87. The van der Waals surface area contributed by atoms with Gasteiger partial charge in [-0.05, 0) is 11.1 Å². The largest absolute Gasteiger partial charge is 0.536 e. The van der Waals surface area contributed by atoms with Gasteiger partial charge in [-0.15, -0.1) is 0 Å². The Hall–Kier alpha value is -2.84. The Balaban J connectivity index is 2.62. The van der Waals surface area contributed by atoms with E-state index in [1.165, 1.54) is 12.1 Å². The number of nitrogens with zero attached hydrogens (tertiary/aromatic N) is 1. The SMILES string of the molecule is O=S(=O)(ON=C(c1ccc(-c2ccccc2)cc1)C(F)(F)C(F)(F)C(F)(F)F)C(F)(F)F. The predicted molar refractivity (Wildman–Crippen MR) is 90.4 cm³/mol. The lowest BCUT2D eigenvalue weighted by Crippen LogP contribution is -2.56. The molecule has 2 rings (SSSR count). The molecule has 0 aromatic heterocycles. The third kappa shape index (κ3) is 4.81. The lowest BCUT2D eigenvalue weighted by Gasteiger charge is -2.28. The molecule has 2 aromatic carbocycles. The summed E-state index contributed by atoms with van der Waals surface area (Å²) in [4.78, 5) is 0. The van der Waals surface area contributed by atoms with Crippen LogP contribution in [-0.4, -0.2) is 37.7 Å². The van der Waals surface area contributed by atoms with Gasteiger partial charge in [0.15, 0.2) is 5.71 Å². The Bertz CT molecular complexity index is 1080. The van der Waals surface area contributed by atoms with Crippen LogP contribution < -0.4 is 0 Å². The average molecular weight is 497 g/mol. The van der Waals surface area contributed by atoms with E-state index < -0.39 is 44.9 Å². The summed E-state index contributed by atoms with van der Waals surface area (Å²) in [5.41, 5.74) is -9.45. The number of oxime groups is 1. The van der Waals surface area contributed by atoms with Gasteiger partial charge in [-0.1, -0.05) is 59.8 Å². The summed E-state index contributed by atoms with van der Waals surface area (Å²) < 4.78 is 155. The third-order valence-corrected chi connectivity index (χ3v) is 4.66. The summed E-state index contributed by atoms with van der Waals surface area (Å²) in [6, 6.07) is 10.8. The van der Waals surface area contributed by atoms with Crippen LogP contribution in [0.4, 0.5) is 43.9 Å². The topological polar surface area (TPSA) is 55.7 Å². The number of hydrogen-bond donors (Lipinski definition) is 0. The maximum absolute atomic E-state index is 14.2. The highest BCUT2D eigenvalue weighted by atomic mass is 32.2. The maximum atomic E-state index is 14.2. The van der Waals surface area contributed by atoms with Gasteiger partial charge in [0.2, 0.25) is 0 Å². The Morgan fingerprint density at radius 1 is 0.719 bits per heavy atom. The molecule has 0 aliphatic rings. The molecule has 0 amide bonds. The van der Waals surface area contributed by atoms with Crippen LogP contribution in [-0.2, 0) is 14.4 Å². The zero-order valence-corrected chi connectivity index (χ0v) is 15.9. The zero-order chi connectivity index (χ0) is 24.6. The van der Waals surface area contributed by atoms with Crippen LogP contribution in [0.2, 0.25) is 0 Å². The molecule has 0 aliphatic carbocycles. The first kappa shape index (κ1) is 25.4. The second-order valence-corrected chi connectivity index (χ2v) is 7.52. The van der Waals surface area contributed by atoms with Gasteiger partial charge in [-0.25, -0.2) is 0 Å². The highest BCUT2D eigenvalue weighted by Crippen LogP contribution is 2.48. The molecule has 176 valence electrons. The van der Waals surface area contributed by atoms with Crippen molar-refractivity contribution < 1.29 is 56.6 Å². The first-order valence-corrected chi connectivity index (χ1v) is 9.39. The van der Waals surface area contributed by atoms with Crippen molar-refractivity contribution in [3.8, 4) is 11.1 Å². The van der Waals surface area contributed by atoms with Gasteiger partial charge in [-0.3, -0.25) is 4.28 Å². The van der Waals surface area contributed by atoms with E-state index in [0.717, 1.165) is 12.1 Å². The molecule has 0 bridgehead atoms. The smallest absolute Gasteiger partial charge is 0.261 e.